The van der Waals surface area contributed by atoms with Crippen LogP contribution < -0.4 is 5.32 Å². The number of amides is 1. The van der Waals surface area contributed by atoms with Gasteiger partial charge in [0.15, 0.2) is 0 Å². The predicted octanol–water partition coefficient (Wildman–Crippen LogP) is 3.72. The molecule has 102 valence electrons. The molecule has 0 radical (unpaired) electrons. The molecule has 0 aromatic heterocycles. The summed E-state index contributed by atoms with van der Waals surface area (Å²) in [5.41, 5.74) is 0.941. The maximum atomic E-state index is 12.5. The second-order valence-corrected chi connectivity index (χ2v) is 5.47. The van der Waals surface area contributed by atoms with Gasteiger partial charge in [0, 0.05) is 16.8 Å². The van der Waals surface area contributed by atoms with Crippen molar-refractivity contribution in [1.82, 2.24) is 0 Å². The van der Waals surface area contributed by atoms with E-state index in [2.05, 4.69) is 5.32 Å². The van der Waals surface area contributed by atoms with Gasteiger partial charge in [-0.25, -0.2) is 0 Å². The molecule has 20 heavy (non-hydrogen) atoms. The maximum Gasteiger partial charge on any atom is 0.235 e. The first kappa shape index (κ1) is 13.0. The summed E-state index contributed by atoms with van der Waals surface area (Å²) in [6.45, 7) is 0. The molecular formula is C16H14ClNO2. The van der Waals surface area contributed by atoms with Gasteiger partial charge in [-0.2, -0.15) is 0 Å². The largest absolute Gasteiger partial charge is 0.508 e. The third-order valence-corrected chi connectivity index (χ3v) is 4.01. The quantitative estimate of drug-likeness (QED) is 0.904. The fourth-order valence-corrected chi connectivity index (χ4v) is 2.74. The van der Waals surface area contributed by atoms with Crippen molar-refractivity contribution in [3.8, 4) is 5.75 Å². The van der Waals surface area contributed by atoms with Gasteiger partial charge in [-0.15, -0.1) is 0 Å². The second-order valence-electron chi connectivity index (χ2n) is 5.07. The van der Waals surface area contributed by atoms with Crippen molar-refractivity contribution in [2.45, 2.75) is 18.3 Å². The van der Waals surface area contributed by atoms with E-state index in [0.29, 0.717) is 10.7 Å². The SMILES string of the molecule is O=C(Nc1cccc(O)c1)C1(c2ccccc2Cl)CC1. The molecule has 1 saturated carbocycles. The molecule has 2 N–H and O–H groups in total. The number of phenolic OH excluding ortho intramolecular Hbond substituents is 1. The van der Waals surface area contributed by atoms with Gasteiger partial charge in [0.25, 0.3) is 0 Å². The Morgan fingerprint density at radius 1 is 1.15 bits per heavy atom. The van der Waals surface area contributed by atoms with Crippen LogP contribution in [0.25, 0.3) is 0 Å². The zero-order chi connectivity index (χ0) is 14.2. The van der Waals surface area contributed by atoms with E-state index in [0.717, 1.165) is 18.4 Å². The van der Waals surface area contributed by atoms with Crippen LogP contribution in [0.15, 0.2) is 48.5 Å². The highest BCUT2D eigenvalue weighted by molar-refractivity contribution is 6.32. The van der Waals surface area contributed by atoms with E-state index in [1.165, 1.54) is 6.07 Å². The van der Waals surface area contributed by atoms with E-state index in [4.69, 9.17) is 11.6 Å². The topological polar surface area (TPSA) is 49.3 Å². The third kappa shape index (κ3) is 2.25. The Kier molecular flexibility index (Phi) is 3.14. The average molecular weight is 288 g/mol. The number of phenols is 1. The summed E-state index contributed by atoms with van der Waals surface area (Å²) in [4.78, 5) is 12.5. The van der Waals surface area contributed by atoms with Gasteiger partial charge in [-0.05, 0) is 36.6 Å². The lowest BCUT2D eigenvalue weighted by Gasteiger charge is -2.17. The number of hydrogen-bond donors (Lipinski definition) is 2. The van der Waals surface area contributed by atoms with Gasteiger partial charge in [-0.3, -0.25) is 4.79 Å². The van der Waals surface area contributed by atoms with Crippen molar-refractivity contribution >= 4 is 23.2 Å². The van der Waals surface area contributed by atoms with Crippen molar-refractivity contribution in [3.63, 3.8) is 0 Å². The van der Waals surface area contributed by atoms with E-state index in [9.17, 15) is 9.90 Å². The molecular weight excluding hydrogens is 274 g/mol. The summed E-state index contributed by atoms with van der Waals surface area (Å²) in [6, 6.07) is 14.0. The van der Waals surface area contributed by atoms with E-state index in [-0.39, 0.29) is 11.7 Å². The molecule has 1 aliphatic rings. The van der Waals surface area contributed by atoms with Crippen LogP contribution in [0.1, 0.15) is 18.4 Å². The van der Waals surface area contributed by atoms with Crippen molar-refractivity contribution in [2.24, 2.45) is 0 Å². The normalized spacial score (nSPS) is 15.7. The van der Waals surface area contributed by atoms with E-state index in [1.54, 1.807) is 24.3 Å². The van der Waals surface area contributed by atoms with Crippen LogP contribution in [0.2, 0.25) is 5.02 Å². The molecule has 0 spiro atoms. The smallest absolute Gasteiger partial charge is 0.235 e. The summed E-state index contributed by atoms with van der Waals surface area (Å²) in [7, 11) is 0. The molecule has 4 heteroatoms. The van der Waals surface area contributed by atoms with Gasteiger partial charge >= 0.3 is 0 Å². The highest BCUT2D eigenvalue weighted by atomic mass is 35.5. The Morgan fingerprint density at radius 2 is 1.90 bits per heavy atom. The summed E-state index contributed by atoms with van der Waals surface area (Å²) < 4.78 is 0. The summed E-state index contributed by atoms with van der Waals surface area (Å²) in [5.74, 6) is 0.0570. The first-order valence-electron chi connectivity index (χ1n) is 6.47. The molecule has 0 aliphatic heterocycles. The number of carbonyl (C=O) groups is 1. The number of hydrogen-bond acceptors (Lipinski definition) is 2. The van der Waals surface area contributed by atoms with Crippen LogP contribution >= 0.6 is 11.6 Å². The monoisotopic (exact) mass is 287 g/mol. The van der Waals surface area contributed by atoms with Crippen LogP contribution in [-0.2, 0) is 10.2 Å². The van der Waals surface area contributed by atoms with Crippen molar-refractivity contribution < 1.29 is 9.90 Å². The Hall–Kier alpha value is -2.00. The zero-order valence-electron chi connectivity index (χ0n) is 10.8. The number of carbonyl (C=O) groups excluding carboxylic acids is 1. The Balaban J connectivity index is 1.86. The molecule has 1 aliphatic carbocycles. The molecule has 3 rings (SSSR count). The summed E-state index contributed by atoms with van der Waals surface area (Å²) in [5, 5.41) is 12.9. The highest BCUT2D eigenvalue weighted by Crippen LogP contribution is 2.51. The number of nitrogens with one attached hydrogen (secondary N) is 1. The lowest BCUT2D eigenvalue weighted by atomic mass is 9.95. The van der Waals surface area contributed by atoms with Gasteiger partial charge in [-0.1, -0.05) is 35.9 Å². The minimum atomic E-state index is -0.524. The fourth-order valence-electron chi connectivity index (χ4n) is 2.43. The molecule has 1 fully saturated rings. The highest BCUT2D eigenvalue weighted by Gasteiger charge is 2.52. The van der Waals surface area contributed by atoms with E-state index in [1.807, 2.05) is 18.2 Å². The van der Waals surface area contributed by atoms with Crippen LogP contribution in [0.3, 0.4) is 0 Å². The van der Waals surface area contributed by atoms with Crippen molar-refractivity contribution in [3.05, 3.63) is 59.1 Å². The molecule has 2 aromatic carbocycles. The van der Waals surface area contributed by atoms with Gasteiger partial charge in [0.2, 0.25) is 5.91 Å². The number of halogens is 1. The summed E-state index contributed by atoms with van der Waals surface area (Å²) in [6.07, 6.45) is 1.59. The molecule has 0 unspecified atom stereocenters. The number of aromatic hydroxyl groups is 1. The Bertz CT molecular complexity index is 665. The predicted molar refractivity (Wildman–Crippen MR) is 79.1 cm³/mol. The van der Waals surface area contributed by atoms with Gasteiger partial charge < -0.3 is 10.4 Å². The number of rotatable bonds is 3. The number of anilines is 1. The van der Waals surface area contributed by atoms with Gasteiger partial charge in [0.05, 0.1) is 5.41 Å². The first-order chi connectivity index (χ1) is 9.62. The minimum Gasteiger partial charge on any atom is -0.508 e. The minimum absolute atomic E-state index is 0.0730. The molecule has 0 bridgehead atoms. The molecule has 0 saturated heterocycles. The van der Waals surface area contributed by atoms with Crippen molar-refractivity contribution in [1.29, 1.82) is 0 Å². The van der Waals surface area contributed by atoms with Crippen LogP contribution in [0.4, 0.5) is 5.69 Å². The molecule has 0 atom stereocenters. The molecule has 2 aromatic rings. The lowest BCUT2D eigenvalue weighted by molar-refractivity contribution is -0.118. The fraction of sp³-hybridized carbons (Fsp3) is 0.188. The second kappa shape index (κ2) is 4.84. The van der Waals surface area contributed by atoms with Crippen molar-refractivity contribution in [2.75, 3.05) is 5.32 Å². The number of benzene rings is 2. The maximum absolute atomic E-state index is 12.5. The molecule has 0 heterocycles. The average Bonchev–Trinajstić information content (AvgIpc) is 3.21. The van der Waals surface area contributed by atoms with Crippen LogP contribution in [0.5, 0.6) is 5.75 Å². The van der Waals surface area contributed by atoms with Crippen LogP contribution in [0, 0.1) is 0 Å². The Morgan fingerprint density at radius 3 is 2.55 bits per heavy atom. The van der Waals surface area contributed by atoms with Gasteiger partial charge in [0.1, 0.15) is 5.75 Å². The standard InChI is InChI=1S/C16H14ClNO2/c17-14-7-2-1-6-13(14)16(8-9-16)15(20)18-11-4-3-5-12(19)10-11/h1-7,10,19H,8-9H2,(H,18,20). The molecule has 1 amide bonds. The molecule has 3 nitrogen and oxygen atoms in total. The lowest BCUT2D eigenvalue weighted by Crippen LogP contribution is -2.28. The zero-order valence-corrected chi connectivity index (χ0v) is 11.5. The van der Waals surface area contributed by atoms with Crippen LogP contribution in [-0.4, -0.2) is 11.0 Å². The van der Waals surface area contributed by atoms with E-state index >= 15 is 0 Å². The first-order valence-corrected chi connectivity index (χ1v) is 6.85. The van der Waals surface area contributed by atoms with E-state index < -0.39 is 5.41 Å². The Labute approximate surface area is 122 Å². The summed E-state index contributed by atoms with van der Waals surface area (Å²) >= 11 is 6.20. The third-order valence-electron chi connectivity index (χ3n) is 3.68.